The predicted octanol–water partition coefficient (Wildman–Crippen LogP) is 5.67. The summed E-state index contributed by atoms with van der Waals surface area (Å²) in [5.41, 5.74) is 1.04. The summed E-state index contributed by atoms with van der Waals surface area (Å²) in [6.45, 7) is 0. The lowest BCUT2D eigenvalue weighted by Gasteiger charge is -2.14. The fraction of sp³-hybridized carbons (Fsp3) is 0.0455. The topological polar surface area (TPSA) is 56.3 Å². The molecule has 0 aliphatic carbocycles. The van der Waals surface area contributed by atoms with Crippen molar-refractivity contribution in [1.29, 1.82) is 0 Å². The first-order valence-electron chi connectivity index (χ1n) is 8.74. The van der Waals surface area contributed by atoms with Gasteiger partial charge in [-0.25, -0.2) is 17.2 Å². The minimum Gasteiger partial charge on any atom is -0.495 e. The van der Waals surface area contributed by atoms with Crippen LogP contribution in [-0.2, 0) is 9.84 Å². The van der Waals surface area contributed by atoms with Crippen molar-refractivity contribution >= 4 is 32.3 Å². The first kappa shape index (κ1) is 20.3. The SMILES string of the molecule is COc1ccc(S(=O)(=O)c2cnc3ccc(F)cc3c2-c2ccc(F)cc2)cc1Cl. The lowest BCUT2D eigenvalue weighted by Crippen LogP contribution is -2.06. The molecule has 0 amide bonds. The summed E-state index contributed by atoms with van der Waals surface area (Å²) in [5.74, 6) is -0.697. The molecule has 1 heterocycles. The van der Waals surface area contributed by atoms with Gasteiger partial charge in [-0.3, -0.25) is 4.98 Å². The van der Waals surface area contributed by atoms with Crippen LogP contribution in [0.4, 0.5) is 8.78 Å². The molecule has 1 aromatic heterocycles. The fourth-order valence-corrected chi connectivity index (χ4v) is 4.99. The summed E-state index contributed by atoms with van der Waals surface area (Å²) in [6, 6.07) is 13.3. The number of nitrogens with zero attached hydrogens (tertiary/aromatic N) is 1. The number of aromatic nitrogens is 1. The van der Waals surface area contributed by atoms with E-state index < -0.39 is 21.5 Å². The van der Waals surface area contributed by atoms with Crippen LogP contribution in [0.25, 0.3) is 22.0 Å². The van der Waals surface area contributed by atoms with E-state index in [0.29, 0.717) is 22.2 Å². The van der Waals surface area contributed by atoms with E-state index in [9.17, 15) is 17.2 Å². The van der Waals surface area contributed by atoms with Gasteiger partial charge in [0, 0.05) is 17.1 Å². The van der Waals surface area contributed by atoms with Crippen LogP contribution in [0, 0.1) is 11.6 Å². The Bertz CT molecular complexity index is 1370. The van der Waals surface area contributed by atoms with E-state index in [-0.39, 0.29) is 20.4 Å². The van der Waals surface area contributed by atoms with Gasteiger partial charge in [-0.1, -0.05) is 23.7 Å². The molecule has 4 aromatic rings. The van der Waals surface area contributed by atoms with Crippen LogP contribution in [0.15, 0.2) is 76.7 Å². The second-order valence-electron chi connectivity index (χ2n) is 6.47. The Hall–Kier alpha value is -3.03. The Morgan fingerprint density at radius 3 is 2.30 bits per heavy atom. The molecule has 0 spiro atoms. The van der Waals surface area contributed by atoms with Crippen molar-refractivity contribution in [3.63, 3.8) is 0 Å². The number of ether oxygens (including phenoxy) is 1. The smallest absolute Gasteiger partial charge is 0.208 e. The standard InChI is InChI=1S/C22H14ClF2NO3S/c1-29-20-9-7-16(11-18(20)23)30(27,28)21-12-26-19-8-6-15(25)10-17(19)22(21)13-2-4-14(24)5-3-13/h2-12H,1H3. The maximum absolute atomic E-state index is 14.0. The summed E-state index contributed by atoms with van der Waals surface area (Å²) in [6.07, 6.45) is 1.21. The molecule has 0 fully saturated rings. The maximum Gasteiger partial charge on any atom is 0.208 e. The minimum atomic E-state index is -4.10. The van der Waals surface area contributed by atoms with E-state index in [4.69, 9.17) is 16.3 Å². The number of fused-ring (bicyclic) bond motifs is 1. The first-order valence-corrected chi connectivity index (χ1v) is 10.6. The average Bonchev–Trinajstić information content (AvgIpc) is 2.73. The van der Waals surface area contributed by atoms with Crippen LogP contribution in [0.3, 0.4) is 0 Å². The van der Waals surface area contributed by atoms with Crippen LogP contribution in [-0.4, -0.2) is 20.5 Å². The zero-order valence-corrected chi connectivity index (χ0v) is 17.1. The lowest BCUT2D eigenvalue weighted by molar-refractivity contribution is 0.414. The van der Waals surface area contributed by atoms with Gasteiger partial charge in [0.25, 0.3) is 0 Å². The number of methoxy groups -OCH3 is 1. The Kier molecular flexibility index (Phi) is 5.17. The molecule has 4 nitrogen and oxygen atoms in total. The second-order valence-corrected chi connectivity index (χ2v) is 8.79. The maximum atomic E-state index is 14.0. The fourth-order valence-electron chi connectivity index (χ4n) is 3.21. The van der Waals surface area contributed by atoms with Gasteiger partial charge in [0.15, 0.2) is 0 Å². The van der Waals surface area contributed by atoms with Crippen LogP contribution in [0.1, 0.15) is 0 Å². The molecule has 4 rings (SSSR count). The molecule has 0 aliphatic heterocycles. The molecule has 0 unspecified atom stereocenters. The molecule has 0 atom stereocenters. The van der Waals surface area contributed by atoms with E-state index in [2.05, 4.69) is 4.98 Å². The molecule has 30 heavy (non-hydrogen) atoms. The highest BCUT2D eigenvalue weighted by Crippen LogP contribution is 2.38. The Morgan fingerprint density at radius 1 is 0.933 bits per heavy atom. The summed E-state index contributed by atoms with van der Waals surface area (Å²) >= 11 is 6.12. The molecule has 0 N–H and O–H groups in total. The zero-order chi connectivity index (χ0) is 21.5. The normalized spacial score (nSPS) is 11.6. The molecule has 0 bridgehead atoms. The van der Waals surface area contributed by atoms with Crippen LogP contribution >= 0.6 is 11.6 Å². The number of pyridine rings is 1. The van der Waals surface area contributed by atoms with Crippen molar-refractivity contribution in [1.82, 2.24) is 4.98 Å². The summed E-state index contributed by atoms with van der Waals surface area (Å²) in [7, 11) is -2.68. The van der Waals surface area contributed by atoms with Gasteiger partial charge in [0.2, 0.25) is 9.84 Å². The highest BCUT2D eigenvalue weighted by Gasteiger charge is 2.25. The van der Waals surface area contributed by atoms with Crippen molar-refractivity contribution in [2.24, 2.45) is 0 Å². The van der Waals surface area contributed by atoms with E-state index in [0.717, 1.165) is 0 Å². The van der Waals surface area contributed by atoms with E-state index in [1.54, 1.807) is 0 Å². The van der Waals surface area contributed by atoms with E-state index >= 15 is 0 Å². The molecule has 152 valence electrons. The number of benzene rings is 3. The highest BCUT2D eigenvalue weighted by atomic mass is 35.5. The molecular weight excluding hydrogens is 432 g/mol. The number of halogens is 3. The van der Waals surface area contributed by atoms with E-state index in [1.807, 2.05) is 0 Å². The predicted molar refractivity (Wildman–Crippen MR) is 111 cm³/mol. The molecule has 3 aromatic carbocycles. The average molecular weight is 446 g/mol. The third-order valence-corrected chi connectivity index (χ3v) is 6.71. The molecule has 0 saturated heterocycles. The Labute approximate surface area is 176 Å². The first-order chi connectivity index (χ1) is 14.3. The van der Waals surface area contributed by atoms with Crippen LogP contribution in [0.2, 0.25) is 5.02 Å². The second kappa shape index (κ2) is 7.66. The van der Waals surface area contributed by atoms with E-state index in [1.165, 1.54) is 74.0 Å². The van der Waals surface area contributed by atoms with Crippen LogP contribution in [0.5, 0.6) is 5.75 Å². The number of hydrogen-bond acceptors (Lipinski definition) is 4. The molecule has 0 aliphatic rings. The number of hydrogen-bond donors (Lipinski definition) is 0. The van der Waals surface area contributed by atoms with Gasteiger partial charge in [-0.15, -0.1) is 0 Å². The van der Waals surface area contributed by atoms with Crippen molar-refractivity contribution in [3.8, 4) is 16.9 Å². The van der Waals surface area contributed by atoms with Gasteiger partial charge < -0.3 is 4.74 Å². The van der Waals surface area contributed by atoms with Crippen molar-refractivity contribution in [2.45, 2.75) is 9.79 Å². The van der Waals surface area contributed by atoms with Crippen LogP contribution < -0.4 is 4.74 Å². The lowest BCUT2D eigenvalue weighted by atomic mass is 10.0. The summed E-state index contributed by atoms with van der Waals surface area (Å²) in [5, 5.41) is 0.420. The van der Waals surface area contributed by atoms with Crippen molar-refractivity contribution in [3.05, 3.63) is 83.5 Å². The van der Waals surface area contributed by atoms with Crippen molar-refractivity contribution in [2.75, 3.05) is 7.11 Å². The van der Waals surface area contributed by atoms with Gasteiger partial charge in [0.05, 0.1) is 27.4 Å². The molecule has 0 radical (unpaired) electrons. The van der Waals surface area contributed by atoms with Gasteiger partial charge in [0.1, 0.15) is 17.4 Å². The Balaban J connectivity index is 2.04. The number of rotatable bonds is 4. The molecule has 8 heteroatoms. The van der Waals surface area contributed by atoms with Gasteiger partial charge >= 0.3 is 0 Å². The molecule has 0 saturated carbocycles. The summed E-state index contributed by atoms with van der Waals surface area (Å²) in [4.78, 5) is 3.98. The summed E-state index contributed by atoms with van der Waals surface area (Å²) < 4.78 is 59.5. The third-order valence-electron chi connectivity index (χ3n) is 4.65. The van der Waals surface area contributed by atoms with Crippen molar-refractivity contribution < 1.29 is 21.9 Å². The minimum absolute atomic E-state index is 0.0748. The third kappa shape index (κ3) is 3.51. The van der Waals surface area contributed by atoms with Gasteiger partial charge in [-0.2, -0.15) is 0 Å². The Morgan fingerprint density at radius 2 is 1.63 bits per heavy atom. The van der Waals surface area contributed by atoms with Gasteiger partial charge in [-0.05, 0) is 54.1 Å². The quantitative estimate of drug-likeness (QED) is 0.406. The molecular formula is C22H14ClF2NO3S. The monoisotopic (exact) mass is 445 g/mol. The zero-order valence-electron chi connectivity index (χ0n) is 15.6. The highest BCUT2D eigenvalue weighted by molar-refractivity contribution is 7.91. The largest absolute Gasteiger partial charge is 0.495 e. The number of sulfone groups is 1.